The molecule has 2 aromatic heterocycles. The summed E-state index contributed by atoms with van der Waals surface area (Å²) in [5.74, 6) is -0.489. The van der Waals surface area contributed by atoms with Gasteiger partial charge in [-0.25, -0.2) is 18.4 Å². The van der Waals surface area contributed by atoms with Crippen molar-refractivity contribution in [3.05, 3.63) is 65.5 Å². The molecule has 0 fully saturated rings. The van der Waals surface area contributed by atoms with Crippen molar-refractivity contribution >= 4 is 41.7 Å². The van der Waals surface area contributed by atoms with Gasteiger partial charge >= 0.3 is 6.18 Å². The van der Waals surface area contributed by atoms with Crippen LogP contribution in [0, 0.1) is 0 Å². The molecule has 3 N–H and O–H groups in total. The lowest BCUT2D eigenvalue weighted by Gasteiger charge is -2.20. The zero-order valence-electron chi connectivity index (χ0n) is 20.2. The highest BCUT2D eigenvalue weighted by atomic mass is 32.2. The van der Waals surface area contributed by atoms with Crippen molar-refractivity contribution < 1.29 is 31.0 Å². The van der Waals surface area contributed by atoms with Gasteiger partial charge < -0.3 is 20.1 Å². The van der Waals surface area contributed by atoms with Gasteiger partial charge in [-0.05, 0) is 30.7 Å². The number of hydrogen-bond donors (Lipinski definition) is 3. The van der Waals surface area contributed by atoms with Crippen LogP contribution in [0.2, 0.25) is 0 Å². The summed E-state index contributed by atoms with van der Waals surface area (Å²) in [6.45, 7) is 2.01. The molecule has 0 bridgehead atoms. The van der Waals surface area contributed by atoms with E-state index in [9.17, 15) is 26.5 Å². The molecule has 15 heteroatoms. The van der Waals surface area contributed by atoms with Gasteiger partial charge in [0.25, 0.3) is 0 Å². The van der Waals surface area contributed by atoms with Crippen LogP contribution in [-0.2, 0) is 33.4 Å². The first-order valence-electron chi connectivity index (χ1n) is 10.9. The van der Waals surface area contributed by atoms with Crippen LogP contribution in [0.1, 0.15) is 23.6 Å². The molecular formula is C22H26F3N6O4PS. The Morgan fingerprint density at radius 3 is 2.49 bits per heavy atom. The van der Waals surface area contributed by atoms with Gasteiger partial charge in [-0.1, -0.05) is 18.2 Å². The maximum Gasteiger partial charge on any atom is 0.421 e. The lowest BCUT2D eigenvalue weighted by molar-refractivity contribution is -0.137. The predicted molar refractivity (Wildman–Crippen MR) is 136 cm³/mol. The van der Waals surface area contributed by atoms with Gasteiger partial charge in [0.05, 0.1) is 12.9 Å². The Balaban J connectivity index is 1.82. The Labute approximate surface area is 213 Å². The molecule has 10 nitrogen and oxygen atoms in total. The molecule has 0 radical (unpaired) electrons. The molecule has 3 rings (SSSR count). The Morgan fingerprint density at radius 1 is 1.16 bits per heavy atom. The number of rotatable bonds is 11. The Kier molecular flexibility index (Phi) is 9.24. The van der Waals surface area contributed by atoms with Crippen molar-refractivity contribution in [2.24, 2.45) is 0 Å². The lowest BCUT2D eigenvalue weighted by Crippen LogP contribution is -2.27. The summed E-state index contributed by atoms with van der Waals surface area (Å²) in [7, 11) is -3.91. The van der Waals surface area contributed by atoms with E-state index >= 15 is 0 Å². The highest BCUT2D eigenvalue weighted by Crippen LogP contribution is 2.36. The highest BCUT2D eigenvalue weighted by Gasteiger charge is 2.35. The van der Waals surface area contributed by atoms with Crippen LogP contribution in [0.25, 0.3) is 0 Å². The molecule has 0 aliphatic carbocycles. The van der Waals surface area contributed by atoms with E-state index in [4.69, 9.17) is 4.52 Å². The van der Waals surface area contributed by atoms with Gasteiger partial charge in [0.1, 0.15) is 17.2 Å². The molecule has 0 aliphatic rings. The fourth-order valence-electron chi connectivity index (χ4n) is 3.15. The zero-order valence-corrected chi connectivity index (χ0v) is 21.9. The lowest BCUT2D eigenvalue weighted by atomic mass is 10.2. The maximum absolute atomic E-state index is 13.6. The number of hydrogen-bond acceptors (Lipinski definition) is 9. The number of pyridine rings is 1. The number of benzene rings is 1. The summed E-state index contributed by atoms with van der Waals surface area (Å²) >= 11 is 0. The van der Waals surface area contributed by atoms with Gasteiger partial charge in [-0.2, -0.15) is 18.2 Å². The number of aromatic nitrogens is 3. The van der Waals surface area contributed by atoms with Gasteiger partial charge in [0.15, 0.2) is 8.38 Å². The molecule has 1 atom stereocenters. The first-order valence-corrected chi connectivity index (χ1v) is 14.1. The second kappa shape index (κ2) is 12.0. The van der Waals surface area contributed by atoms with Gasteiger partial charge in [-0.3, -0.25) is 4.31 Å². The molecule has 0 saturated carbocycles. The van der Waals surface area contributed by atoms with E-state index in [1.807, 2.05) is 0 Å². The number of nitrogens with zero attached hydrogens (tertiary/aromatic N) is 4. The Bertz CT molecular complexity index is 1310. The Hall–Kier alpha value is -3.06. The van der Waals surface area contributed by atoms with E-state index in [2.05, 4.69) is 25.6 Å². The SMILES string of the molecule is CCOP(O)Cc1ccc(Nc2ncc(C(F)(F)F)c(NCc3cccnc3N(C)S(C)(=O)=O)n2)cc1. The number of anilines is 4. The molecule has 0 amide bonds. The third kappa shape index (κ3) is 7.96. The zero-order chi connectivity index (χ0) is 27.2. The number of halogens is 3. The summed E-state index contributed by atoms with van der Waals surface area (Å²) < 4.78 is 70.9. The molecule has 37 heavy (non-hydrogen) atoms. The molecule has 0 spiro atoms. The predicted octanol–water partition coefficient (Wildman–Crippen LogP) is 4.48. The average molecular weight is 559 g/mol. The second-order valence-electron chi connectivity index (χ2n) is 7.77. The minimum absolute atomic E-state index is 0.0782. The standard InChI is InChI=1S/C22H26F3N6O4PS/c1-4-35-36(32)14-15-7-9-17(10-8-15)29-21-28-13-18(22(23,24)25)19(30-21)27-12-16-6-5-11-26-20(16)31(2)37(3,33)34/h5-11,13,32H,4,12,14H2,1-3H3,(H2,27,28,29,30). The quantitative estimate of drug-likeness (QED) is 0.292. The molecule has 0 saturated heterocycles. The fraction of sp³-hybridized carbons (Fsp3) is 0.318. The third-order valence-electron chi connectivity index (χ3n) is 5.01. The van der Waals surface area contributed by atoms with E-state index in [0.29, 0.717) is 30.2 Å². The van der Waals surface area contributed by atoms with Crippen molar-refractivity contribution in [3.63, 3.8) is 0 Å². The number of sulfonamides is 1. The van der Waals surface area contributed by atoms with E-state index in [1.54, 1.807) is 43.3 Å². The molecule has 2 heterocycles. The Morgan fingerprint density at radius 2 is 1.86 bits per heavy atom. The second-order valence-corrected chi connectivity index (χ2v) is 11.1. The minimum atomic E-state index is -4.73. The van der Waals surface area contributed by atoms with Crippen molar-refractivity contribution in [2.45, 2.75) is 25.8 Å². The van der Waals surface area contributed by atoms with Crippen LogP contribution in [-0.4, -0.2) is 48.2 Å². The van der Waals surface area contributed by atoms with Gasteiger partial charge in [0.2, 0.25) is 16.0 Å². The summed E-state index contributed by atoms with van der Waals surface area (Å²) in [4.78, 5) is 21.7. The minimum Gasteiger partial charge on any atom is -0.365 e. The van der Waals surface area contributed by atoms with Crippen LogP contribution in [0.5, 0.6) is 0 Å². The first-order chi connectivity index (χ1) is 17.4. The van der Waals surface area contributed by atoms with E-state index in [0.717, 1.165) is 16.1 Å². The number of alkyl halides is 3. The van der Waals surface area contributed by atoms with Crippen LogP contribution in [0.3, 0.4) is 0 Å². The number of nitrogens with one attached hydrogen (secondary N) is 2. The molecular weight excluding hydrogens is 532 g/mol. The molecule has 0 aliphatic heterocycles. The van der Waals surface area contributed by atoms with Crippen LogP contribution in [0.4, 0.5) is 36.4 Å². The molecule has 1 aromatic carbocycles. The van der Waals surface area contributed by atoms with Crippen molar-refractivity contribution in [2.75, 3.05) is 34.8 Å². The topological polar surface area (TPSA) is 130 Å². The summed E-state index contributed by atoms with van der Waals surface area (Å²) in [6.07, 6.45) is -1.33. The first kappa shape index (κ1) is 28.5. The van der Waals surface area contributed by atoms with Crippen LogP contribution < -0.4 is 14.9 Å². The molecule has 3 aromatic rings. The van der Waals surface area contributed by atoms with Gasteiger partial charge in [-0.15, -0.1) is 0 Å². The maximum atomic E-state index is 13.6. The van der Waals surface area contributed by atoms with Crippen LogP contribution >= 0.6 is 8.38 Å². The van der Waals surface area contributed by atoms with E-state index in [-0.39, 0.29) is 18.3 Å². The smallest absolute Gasteiger partial charge is 0.365 e. The van der Waals surface area contributed by atoms with E-state index in [1.165, 1.54) is 13.2 Å². The summed E-state index contributed by atoms with van der Waals surface area (Å²) in [5.41, 5.74) is 0.623. The monoisotopic (exact) mass is 558 g/mol. The largest absolute Gasteiger partial charge is 0.421 e. The molecule has 200 valence electrons. The summed E-state index contributed by atoms with van der Waals surface area (Å²) in [5, 5.41) is 5.50. The van der Waals surface area contributed by atoms with E-state index < -0.39 is 36.0 Å². The van der Waals surface area contributed by atoms with Gasteiger partial charge in [0, 0.05) is 43.4 Å². The fourth-order valence-corrected chi connectivity index (χ4v) is 4.54. The van der Waals surface area contributed by atoms with Crippen molar-refractivity contribution in [3.8, 4) is 0 Å². The average Bonchev–Trinajstić information content (AvgIpc) is 2.82. The third-order valence-corrected chi connectivity index (χ3v) is 7.37. The van der Waals surface area contributed by atoms with Crippen LogP contribution in [0.15, 0.2) is 48.8 Å². The van der Waals surface area contributed by atoms with Crippen molar-refractivity contribution in [1.82, 2.24) is 15.0 Å². The molecule has 1 unspecified atom stereocenters. The highest BCUT2D eigenvalue weighted by molar-refractivity contribution is 7.92. The summed E-state index contributed by atoms with van der Waals surface area (Å²) in [6, 6.07) is 9.96. The normalized spacial score (nSPS) is 12.7. The van der Waals surface area contributed by atoms with Crippen molar-refractivity contribution in [1.29, 1.82) is 0 Å².